The molecule has 39 heavy (non-hydrogen) atoms. The zero-order valence-corrected chi connectivity index (χ0v) is 25.9. The minimum absolute atomic E-state index is 0.128. The summed E-state index contributed by atoms with van der Waals surface area (Å²) in [6.07, 6.45) is 1.91. The van der Waals surface area contributed by atoms with Crippen LogP contribution in [0.3, 0.4) is 0 Å². The maximum Gasteiger partial charge on any atom is 0.254 e. The highest BCUT2D eigenvalue weighted by atomic mass is 127. The summed E-state index contributed by atoms with van der Waals surface area (Å²) >= 11 is 26.0. The van der Waals surface area contributed by atoms with Crippen molar-refractivity contribution in [1.29, 1.82) is 0 Å². The summed E-state index contributed by atoms with van der Waals surface area (Å²) in [5.41, 5.74) is 1.14. The smallest absolute Gasteiger partial charge is 0.254 e. The molecule has 2 aliphatic heterocycles. The number of nitrogens with zero attached hydrogens (tertiary/aromatic N) is 2. The summed E-state index contributed by atoms with van der Waals surface area (Å²) in [5.74, 6) is -5.56. The zero-order valence-electron chi connectivity index (χ0n) is 19.9. The molecule has 2 saturated heterocycles. The molecule has 2 aliphatic carbocycles. The molecule has 1 saturated carbocycles. The van der Waals surface area contributed by atoms with E-state index < -0.39 is 51.1 Å². The molecule has 4 amide bonds. The van der Waals surface area contributed by atoms with E-state index in [1.165, 1.54) is 23.1 Å². The quantitative estimate of drug-likeness (QED) is 0.145. The molecule has 12 heteroatoms. The molecule has 0 spiro atoms. The minimum Gasteiger partial charge on any atom is -0.508 e. The Bertz CT molecular complexity index is 1500. The number of halogens is 5. The van der Waals surface area contributed by atoms with Gasteiger partial charge in [0.1, 0.15) is 5.75 Å². The number of rotatable bonds is 3. The lowest BCUT2D eigenvalue weighted by Crippen LogP contribution is -2.60. The average molecular weight is 765 g/mol. The second-order valence-electron chi connectivity index (χ2n) is 10.2. The molecule has 6 rings (SSSR count). The molecule has 4 aliphatic rings. The monoisotopic (exact) mass is 762 g/mol. The van der Waals surface area contributed by atoms with Crippen LogP contribution in [0.15, 0.2) is 54.1 Å². The molecule has 0 bridgehead atoms. The van der Waals surface area contributed by atoms with Crippen LogP contribution in [-0.4, -0.2) is 48.8 Å². The Labute approximate surface area is 260 Å². The summed E-state index contributed by atoms with van der Waals surface area (Å²) in [7, 11) is 0. The van der Waals surface area contributed by atoms with Crippen LogP contribution in [0, 0.1) is 21.3 Å². The number of imide groups is 2. The highest BCUT2D eigenvalue weighted by Crippen LogP contribution is 2.66. The average Bonchev–Trinajstić information content (AvgIpc) is 3.24. The first-order valence-corrected chi connectivity index (χ1v) is 15.4. The molecular formula is C27H19BrCl3IN2O5. The predicted octanol–water partition coefficient (Wildman–Crippen LogP) is 5.57. The van der Waals surface area contributed by atoms with Crippen molar-refractivity contribution in [3.63, 3.8) is 0 Å². The number of anilines is 1. The van der Waals surface area contributed by atoms with Crippen molar-refractivity contribution in [3.05, 3.63) is 68.3 Å². The third kappa shape index (κ3) is 3.65. The van der Waals surface area contributed by atoms with E-state index in [1.807, 2.05) is 18.2 Å². The van der Waals surface area contributed by atoms with Crippen molar-refractivity contribution in [2.45, 2.75) is 28.5 Å². The van der Waals surface area contributed by atoms with Gasteiger partial charge in [0.05, 0.1) is 23.0 Å². The Kier molecular flexibility index (Phi) is 6.66. The number of likely N-dealkylation sites (tertiary alicyclic amines) is 1. The molecule has 2 aromatic carbocycles. The fourth-order valence-corrected chi connectivity index (χ4v) is 8.66. The normalized spacial score (nSPS) is 33.7. The minimum atomic E-state index is -2.00. The number of allylic oxidation sites excluding steroid dienone is 2. The number of aromatic hydroxyl groups is 1. The van der Waals surface area contributed by atoms with Crippen molar-refractivity contribution in [2.75, 3.05) is 10.4 Å². The molecule has 202 valence electrons. The lowest BCUT2D eigenvalue weighted by atomic mass is 9.56. The highest BCUT2D eigenvalue weighted by molar-refractivity contribution is 14.1. The van der Waals surface area contributed by atoms with Crippen LogP contribution in [0.25, 0.3) is 0 Å². The van der Waals surface area contributed by atoms with Crippen molar-refractivity contribution < 1.29 is 24.3 Å². The van der Waals surface area contributed by atoms with Crippen LogP contribution >= 0.6 is 73.3 Å². The number of fused-ring (bicyclic) bond motifs is 4. The van der Waals surface area contributed by atoms with Gasteiger partial charge in [-0.3, -0.25) is 29.0 Å². The molecular weight excluding hydrogens is 745 g/mol. The SMILES string of the molecule is O=C1C2CC=C3C(CC4(Cl)C(=O)N(CBr)C(=O)C4(Cl)C3c3cc(Cl)ccc3O)C2C(=O)N1c1ccc(I)cc1. The van der Waals surface area contributed by atoms with Crippen LogP contribution in [0.1, 0.15) is 24.3 Å². The summed E-state index contributed by atoms with van der Waals surface area (Å²) in [6, 6.07) is 11.4. The largest absolute Gasteiger partial charge is 0.508 e. The second-order valence-corrected chi connectivity index (χ2v) is 13.6. The summed E-state index contributed by atoms with van der Waals surface area (Å²) < 4.78 is 0.955. The lowest BCUT2D eigenvalue weighted by Gasteiger charge is -2.50. The van der Waals surface area contributed by atoms with Gasteiger partial charge < -0.3 is 5.11 Å². The topological polar surface area (TPSA) is 95.0 Å². The fourth-order valence-electron chi connectivity index (χ4n) is 6.70. The van der Waals surface area contributed by atoms with Crippen LogP contribution in [0.2, 0.25) is 5.02 Å². The van der Waals surface area contributed by atoms with E-state index in [0.29, 0.717) is 11.3 Å². The summed E-state index contributed by atoms with van der Waals surface area (Å²) in [5, 5.41) is 11.2. The number of hydrogen-bond acceptors (Lipinski definition) is 5. The van der Waals surface area contributed by atoms with E-state index in [-0.39, 0.29) is 40.5 Å². The lowest BCUT2D eigenvalue weighted by molar-refractivity contribution is -0.138. The summed E-state index contributed by atoms with van der Waals surface area (Å²) in [4.78, 5) is 53.1. The standard InChI is InChI=1S/C27H19BrCl3IN2O5/c28-11-33-24(38)26(30)10-18-15(21(27(26,31)25(33)39)17-9-12(29)1-8-19(17)35)6-7-16-20(18)23(37)34(22(16)36)14-4-2-13(32)3-5-14/h1-6,8-9,16,18,20-21,35H,7,10-11H2. The van der Waals surface area contributed by atoms with E-state index in [1.54, 1.807) is 12.1 Å². The second kappa shape index (κ2) is 9.44. The van der Waals surface area contributed by atoms with Gasteiger partial charge in [-0.2, -0.15) is 0 Å². The molecule has 3 fully saturated rings. The number of phenols is 1. The van der Waals surface area contributed by atoms with Gasteiger partial charge in [-0.1, -0.05) is 39.2 Å². The number of hydrogen-bond donors (Lipinski definition) is 1. The molecule has 0 aromatic heterocycles. The number of amides is 4. The van der Waals surface area contributed by atoms with E-state index in [2.05, 4.69) is 38.5 Å². The van der Waals surface area contributed by atoms with E-state index in [0.717, 1.165) is 8.47 Å². The maximum atomic E-state index is 14.0. The number of alkyl halides is 3. The molecule has 7 nitrogen and oxygen atoms in total. The number of carbonyl (C=O) groups is 4. The van der Waals surface area contributed by atoms with Gasteiger partial charge in [0.15, 0.2) is 9.75 Å². The van der Waals surface area contributed by atoms with Gasteiger partial charge >= 0.3 is 0 Å². The Morgan fingerprint density at radius 2 is 1.69 bits per heavy atom. The van der Waals surface area contributed by atoms with Gasteiger partial charge in [0.2, 0.25) is 11.8 Å². The van der Waals surface area contributed by atoms with Crippen molar-refractivity contribution in [3.8, 4) is 5.75 Å². The predicted molar refractivity (Wildman–Crippen MR) is 158 cm³/mol. The van der Waals surface area contributed by atoms with Crippen LogP contribution < -0.4 is 4.90 Å². The number of phenolic OH excluding ortho intramolecular Hbond substituents is 1. The van der Waals surface area contributed by atoms with E-state index in [4.69, 9.17) is 34.8 Å². The van der Waals surface area contributed by atoms with Gasteiger partial charge in [-0.05, 0) is 83.8 Å². The van der Waals surface area contributed by atoms with E-state index in [9.17, 15) is 24.3 Å². The Balaban J connectivity index is 1.53. The maximum absolute atomic E-state index is 14.0. The van der Waals surface area contributed by atoms with Crippen LogP contribution in [0.5, 0.6) is 5.75 Å². The van der Waals surface area contributed by atoms with Gasteiger partial charge in [0.25, 0.3) is 11.8 Å². The molecule has 6 atom stereocenters. The van der Waals surface area contributed by atoms with Crippen molar-refractivity contribution >= 4 is 103 Å². The third-order valence-corrected chi connectivity index (χ3v) is 11.3. The number of carbonyl (C=O) groups excluding carboxylic acids is 4. The molecule has 6 unspecified atom stereocenters. The molecule has 1 N–H and O–H groups in total. The van der Waals surface area contributed by atoms with Gasteiger partial charge in [-0.15, -0.1) is 23.2 Å². The first-order valence-electron chi connectivity index (χ1n) is 12.1. The Morgan fingerprint density at radius 1 is 1.00 bits per heavy atom. The van der Waals surface area contributed by atoms with Crippen LogP contribution in [-0.2, 0) is 19.2 Å². The Morgan fingerprint density at radius 3 is 2.36 bits per heavy atom. The van der Waals surface area contributed by atoms with E-state index >= 15 is 0 Å². The fraction of sp³-hybridized carbons (Fsp3) is 0.333. The summed E-state index contributed by atoms with van der Waals surface area (Å²) in [6.45, 7) is 0. The van der Waals surface area contributed by atoms with Crippen LogP contribution in [0.4, 0.5) is 5.69 Å². The molecule has 0 radical (unpaired) electrons. The first-order chi connectivity index (χ1) is 18.5. The van der Waals surface area contributed by atoms with Gasteiger partial charge in [0, 0.05) is 20.1 Å². The molecule has 2 aromatic rings. The number of benzene rings is 2. The Hall–Kier alpha value is -1.66. The zero-order chi connectivity index (χ0) is 28.0. The molecule has 2 heterocycles. The van der Waals surface area contributed by atoms with Gasteiger partial charge in [-0.25, -0.2) is 0 Å². The highest BCUT2D eigenvalue weighted by Gasteiger charge is 2.76. The third-order valence-electron chi connectivity index (χ3n) is 8.40. The first kappa shape index (κ1) is 27.5. The van der Waals surface area contributed by atoms with Crippen molar-refractivity contribution in [2.24, 2.45) is 17.8 Å². The van der Waals surface area contributed by atoms with Crippen molar-refractivity contribution in [1.82, 2.24) is 4.90 Å².